The number of likely N-dealkylation sites (N-methyl/N-ethyl adjacent to an activating group) is 1. The minimum Gasteiger partial charge on any atom is -0.316 e. The van der Waals surface area contributed by atoms with Crippen molar-refractivity contribution in [1.29, 1.82) is 0 Å². The number of unbranched alkanes of at least 4 members (excludes halogenated alkanes) is 4. The molecule has 0 heterocycles. The van der Waals surface area contributed by atoms with E-state index in [1.165, 1.54) is 44.1 Å². The maximum absolute atomic E-state index is 13.1. The third-order valence-corrected chi connectivity index (χ3v) is 4.40. The van der Waals surface area contributed by atoms with Crippen LogP contribution in [0.5, 0.6) is 0 Å². The first kappa shape index (κ1) is 17.2. The van der Waals surface area contributed by atoms with Crippen LogP contribution in [0.3, 0.4) is 0 Å². The molecule has 1 unspecified atom stereocenters. The van der Waals surface area contributed by atoms with Crippen LogP contribution in [-0.2, 0) is 5.41 Å². The number of nitrogens with one attached hydrogen (secondary N) is 1. The molecule has 1 N–H and O–H groups in total. The Morgan fingerprint density at radius 2 is 1.65 bits per heavy atom. The van der Waals surface area contributed by atoms with Crippen molar-refractivity contribution in [2.75, 3.05) is 7.05 Å². The first-order valence-corrected chi connectivity index (χ1v) is 7.95. The molecule has 0 radical (unpaired) electrons. The smallest absolute Gasteiger partial charge is 0.123 e. The molecule has 20 heavy (non-hydrogen) atoms. The molecule has 0 aliphatic rings. The predicted molar refractivity (Wildman–Crippen MR) is 85.6 cm³/mol. The van der Waals surface area contributed by atoms with Gasteiger partial charge in [0, 0.05) is 11.5 Å². The Morgan fingerprint density at radius 3 is 2.20 bits per heavy atom. The highest BCUT2D eigenvalue weighted by Gasteiger charge is 2.29. The lowest BCUT2D eigenvalue weighted by atomic mass is 9.76. The lowest BCUT2D eigenvalue weighted by Crippen LogP contribution is -2.43. The number of benzene rings is 1. The Balaban J connectivity index is 2.59. The van der Waals surface area contributed by atoms with Gasteiger partial charge in [0.2, 0.25) is 0 Å². The molecule has 0 saturated carbocycles. The summed E-state index contributed by atoms with van der Waals surface area (Å²) in [6.45, 7) is 6.73. The van der Waals surface area contributed by atoms with Gasteiger partial charge in [0.25, 0.3) is 0 Å². The zero-order valence-electron chi connectivity index (χ0n) is 13.5. The van der Waals surface area contributed by atoms with Gasteiger partial charge >= 0.3 is 0 Å². The molecule has 0 fully saturated rings. The highest BCUT2D eigenvalue weighted by atomic mass is 19.1. The van der Waals surface area contributed by atoms with Crippen molar-refractivity contribution in [2.24, 2.45) is 0 Å². The fraction of sp³-hybridized carbons (Fsp3) is 0.667. The summed E-state index contributed by atoms with van der Waals surface area (Å²) in [5.74, 6) is -0.162. The van der Waals surface area contributed by atoms with Crippen LogP contribution in [0.15, 0.2) is 24.3 Å². The summed E-state index contributed by atoms with van der Waals surface area (Å²) in [5, 5.41) is 3.45. The molecule has 0 aromatic heterocycles. The van der Waals surface area contributed by atoms with Gasteiger partial charge in [-0.2, -0.15) is 0 Å². The first-order valence-electron chi connectivity index (χ1n) is 7.95. The van der Waals surface area contributed by atoms with Crippen LogP contribution in [0.4, 0.5) is 4.39 Å². The molecular weight excluding hydrogens is 249 g/mol. The Morgan fingerprint density at radius 1 is 1.05 bits per heavy atom. The van der Waals surface area contributed by atoms with E-state index in [0.717, 1.165) is 0 Å². The monoisotopic (exact) mass is 279 g/mol. The highest BCUT2D eigenvalue weighted by molar-refractivity contribution is 5.26. The summed E-state index contributed by atoms with van der Waals surface area (Å²) in [5.41, 5.74) is 1.22. The van der Waals surface area contributed by atoms with E-state index in [1.54, 1.807) is 12.1 Å². The van der Waals surface area contributed by atoms with E-state index in [0.29, 0.717) is 6.04 Å². The summed E-state index contributed by atoms with van der Waals surface area (Å²) in [6.07, 6.45) is 7.71. The fourth-order valence-electron chi connectivity index (χ4n) is 2.90. The molecule has 0 spiro atoms. The fourth-order valence-corrected chi connectivity index (χ4v) is 2.90. The maximum atomic E-state index is 13.1. The molecule has 0 bridgehead atoms. The van der Waals surface area contributed by atoms with Crippen LogP contribution in [-0.4, -0.2) is 13.1 Å². The lowest BCUT2D eigenvalue weighted by molar-refractivity contribution is 0.330. The van der Waals surface area contributed by atoms with Crippen molar-refractivity contribution < 1.29 is 4.39 Å². The van der Waals surface area contributed by atoms with E-state index in [2.05, 4.69) is 26.1 Å². The first-order chi connectivity index (χ1) is 9.52. The van der Waals surface area contributed by atoms with Crippen LogP contribution in [0.2, 0.25) is 0 Å². The molecule has 1 aromatic rings. The number of hydrogen-bond acceptors (Lipinski definition) is 1. The third kappa shape index (κ3) is 4.90. The topological polar surface area (TPSA) is 12.0 Å². The second-order valence-corrected chi connectivity index (χ2v) is 6.27. The quantitative estimate of drug-likeness (QED) is 0.624. The van der Waals surface area contributed by atoms with E-state index in [1.807, 2.05) is 19.2 Å². The zero-order chi connectivity index (χ0) is 15.0. The minimum absolute atomic E-state index is 0.0210. The van der Waals surface area contributed by atoms with E-state index in [-0.39, 0.29) is 11.2 Å². The van der Waals surface area contributed by atoms with Crippen LogP contribution >= 0.6 is 0 Å². The second-order valence-electron chi connectivity index (χ2n) is 6.27. The molecular formula is C18H30FN. The summed E-state index contributed by atoms with van der Waals surface area (Å²) >= 11 is 0. The number of halogens is 1. The van der Waals surface area contributed by atoms with Gasteiger partial charge in [-0.1, -0.05) is 65.0 Å². The molecule has 0 aliphatic heterocycles. The van der Waals surface area contributed by atoms with E-state index >= 15 is 0 Å². The largest absolute Gasteiger partial charge is 0.316 e. The molecule has 0 amide bonds. The van der Waals surface area contributed by atoms with Gasteiger partial charge in [-0.15, -0.1) is 0 Å². The normalized spacial score (nSPS) is 13.4. The SMILES string of the molecule is CCCCCCCC(NC)C(C)(C)c1ccc(F)cc1. The molecule has 1 aromatic carbocycles. The van der Waals surface area contributed by atoms with Crippen LogP contribution in [0.1, 0.15) is 64.9 Å². The third-order valence-electron chi connectivity index (χ3n) is 4.40. The van der Waals surface area contributed by atoms with E-state index < -0.39 is 0 Å². The van der Waals surface area contributed by atoms with Crippen molar-refractivity contribution in [3.8, 4) is 0 Å². The van der Waals surface area contributed by atoms with Crippen LogP contribution < -0.4 is 5.32 Å². The van der Waals surface area contributed by atoms with Crippen molar-refractivity contribution in [3.63, 3.8) is 0 Å². The molecule has 114 valence electrons. The van der Waals surface area contributed by atoms with Gasteiger partial charge in [0.05, 0.1) is 0 Å². The van der Waals surface area contributed by atoms with Gasteiger partial charge in [0.1, 0.15) is 5.82 Å². The average Bonchev–Trinajstić information content (AvgIpc) is 2.43. The van der Waals surface area contributed by atoms with Crippen molar-refractivity contribution in [3.05, 3.63) is 35.6 Å². The minimum atomic E-state index is -0.162. The molecule has 0 aliphatic carbocycles. The summed E-state index contributed by atoms with van der Waals surface area (Å²) in [4.78, 5) is 0. The Kier molecular flexibility index (Phi) is 7.22. The summed E-state index contributed by atoms with van der Waals surface area (Å²) in [6, 6.07) is 7.37. The number of hydrogen-bond donors (Lipinski definition) is 1. The zero-order valence-corrected chi connectivity index (χ0v) is 13.5. The predicted octanol–water partition coefficient (Wildman–Crippen LogP) is 5.05. The molecule has 0 saturated heterocycles. The Labute approximate surface area is 124 Å². The van der Waals surface area contributed by atoms with Crippen LogP contribution in [0, 0.1) is 5.82 Å². The van der Waals surface area contributed by atoms with Gasteiger partial charge in [-0.3, -0.25) is 0 Å². The van der Waals surface area contributed by atoms with Crippen molar-refractivity contribution in [1.82, 2.24) is 5.32 Å². The summed E-state index contributed by atoms with van der Waals surface area (Å²) < 4.78 is 13.1. The Hall–Kier alpha value is -0.890. The maximum Gasteiger partial charge on any atom is 0.123 e. The average molecular weight is 279 g/mol. The molecule has 1 rings (SSSR count). The van der Waals surface area contributed by atoms with E-state index in [9.17, 15) is 4.39 Å². The van der Waals surface area contributed by atoms with Crippen molar-refractivity contribution in [2.45, 2.75) is 70.8 Å². The Bertz CT molecular complexity index is 370. The number of rotatable bonds is 9. The van der Waals surface area contributed by atoms with Gasteiger partial charge in [-0.25, -0.2) is 4.39 Å². The van der Waals surface area contributed by atoms with Crippen LogP contribution in [0.25, 0.3) is 0 Å². The second kappa shape index (κ2) is 8.41. The molecule has 1 nitrogen and oxygen atoms in total. The van der Waals surface area contributed by atoms with Gasteiger partial charge < -0.3 is 5.32 Å². The summed E-state index contributed by atoms with van der Waals surface area (Å²) in [7, 11) is 2.03. The van der Waals surface area contributed by atoms with Gasteiger partial charge in [-0.05, 0) is 31.2 Å². The molecule has 1 atom stereocenters. The molecule has 2 heteroatoms. The lowest BCUT2D eigenvalue weighted by Gasteiger charge is -2.35. The standard InChI is InChI=1S/C18H30FN/c1-5-6-7-8-9-10-17(20-4)18(2,3)15-11-13-16(19)14-12-15/h11-14,17,20H,5-10H2,1-4H3. The van der Waals surface area contributed by atoms with Gasteiger partial charge in [0.15, 0.2) is 0 Å². The van der Waals surface area contributed by atoms with E-state index in [4.69, 9.17) is 0 Å². The van der Waals surface area contributed by atoms with Crippen molar-refractivity contribution >= 4 is 0 Å². The highest BCUT2D eigenvalue weighted by Crippen LogP contribution is 2.30.